The van der Waals surface area contributed by atoms with E-state index >= 15 is 0 Å². The number of hydrogen-bond acceptors (Lipinski definition) is 4. The van der Waals surface area contributed by atoms with Crippen LogP contribution >= 0.6 is 0 Å². The van der Waals surface area contributed by atoms with Crippen LogP contribution in [-0.4, -0.2) is 30.6 Å². The summed E-state index contributed by atoms with van der Waals surface area (Å²) < 4.78 is 5.00. The standard InChI is InChI=1S/C12H13N5O3/c13-17-14-6-9-10(11(18)15-9)16-12(19)20-7-8-4-2-1-3-5-8/h1-5,9-10H,6-7H2,(H,15,18)(H,16,19)/t9-,10+/m1/s1. The van der Waals surface area contributed by atoms with E-state index in [1.165, 1.54) is 0 Å². The summed E-state index contributed by atoms with van der Waals surface area (Å²) in [6.45, 7) is 0.216. The van der Waals surface area contributed by atoms with Crippen LogP contribution in [0.1, 0.15) is 5.56 Å². The first kappa shape index (κ1) is 13.7. The second-order valence-corrected chi connectivity index (χ2v) is 4.21. The molecule has 0 saturated carbocycles. The van der Waals surface area contributed by atoms with Crippen LogP contribution in [0.5, 0.6) is 0 Å². The van der Waals surface area contributed by atoms with Crippen molar-refractivity contribution in [2.45, 2.75) is 18.7 Å². The molecule has 0 aromatic heterocycles. The quantitative estimate of drug-likeness (QED) is 0.362. The highest BCUT2D eigenvalue weighted by atomic mass is 16.5. The average Bonchev–Trinajstić information content (AvgIpc) is 2.48. The molecule has 8 heteroatoms. The van der Waals surface area contributed by atoms with Crippen molar-refractivity contribution in [3.63, 3.8) is 0 Å². The fourth-order valence-electron chi connectivity index (χ4n) is 1.78. The molecule has 0 spiro atoms. The van der Waals surface area contributed by atoms with Gasteiger partial charge in [0.1, 0.15) is 12.6 Å². The van der Waals surface area contributed by atoms with Gasteiger partial charge in [-0.25, -0.2) is 4.79 Å². The molecule has 0 bridgehead atoms. The summed E-state index contributed by atoms with van der Waals surface area (Å²) >= 11 is 0. The maximum absolute atomic E-state index is 11.6. The lowest BCUT2D eigenvalue weighted by Crippen LogP contribution is -2.70. The van der Waals surface area contributed by atoms with Crippen LogP contribution < -0.4 is 10.6 Å². The number of azide groups is 1. The van der Waals surface area contributed by atoms with Gasteiger partial charge in [0.15, 0.2) is 0 Å². The fourth-order valence-corrected chi connectivity index (χ4v) is 1.78. The molecule has 20 heavy (non-hydrogen) atoms. The Kier molecular flexibility index (Phi) is 4.41. The number of carbonyl (C=O) groups is 2. The topological polar surface area (TPSA) is 116 Å². The first-order valence-corrected chi connectivity index (χ1v) is 5.99. The lowest BCUT2D eigenvalue weighted by molar-refractivity contribution is -0.131. The van der Waals surface area contributed by atoms with Crippen molar-refractivity contribution in [2.75, 3.05) is 6.54 Å². The molecule has 2 amide bonds. The molecule has 8 nitrogen and oxygen atoms in total. The highest BCUT2D eigenvalue weighted by molar-refractivity contribution is 5.92. The molecule has 1 saturated heterocycles. The lowest BCUT2D eigenvalue weighted by Gasteiger charge is -2.35. The van der Waals surface area contributed by atoms with Gasteiger partial charge in [-0.2, -0.15) is 0 Å². The first-order valence-electron chi connectivity index (χ1n) is 5.99. The number of β-lactam (4-membered cyclic amide) rings is 1. The molecule has 1 fully saturated rings. The molecular weight excluding hydrogens is 262 g/mol. The summed E-state index contributed by atoms with van der Waals surface area (Å²) in [6.07, 6.45) is -0.681. The summed E-state index contributed by atoms with van der Waals surface area (Å²) in [5.74, 6) is -0.320. The van der Waals surface area contributed by atoms with Gasteiger partial charge < -0.3 is 15.4 Å². The van der Waals surface area contributed by atoms with E-state index in [-0.39, 0.29) is 25.1 Å². The molecular formula is C12H13N5O3. The Morgan fingerprint density at radius 2 is 2.20 bits per heavy atom. The highest BCUT2D eigenvalue weighted by Gasteiger charge is 2.40. The SMILES string of the molecule is [N-]=[N+]=NC[C@H]1NC(=O)[C@H]1NC(=O)OCc1ccccc1. The number of rotatable bonds is 5. The number of amides is 2. The smallest absolute Gasteiger partial charge is 0.408 e. The third-order valence-electron chi connectivity index (χ3n) is 2.84. The number of nitrogens with one attached hydrogen (secondary N) is 2. The Morgan fingerprint density at radius 3 is 2.85 bits per heavy atom. The third kappa shape index (κ3) is 3.39. The summed E-state index contributed by atoms with van der Waals surface area (Å²) in [4.78, 5) is 25.5. The summed E-state index contributed by atoms with van der Waals surface area (Å²) in [5.41, 5.74) is 9.07. The van der Waals surface area contributed by atoms with Crippen molar-refractivity contribution in [3.05, 3.63) is 46.3 Å². The molecule has 0 aliphatic carbocycles. The van der Waals surface area contributed by atoms with Crippen LogP contribution in [0.25, 0.3) is 10.4 Å². The van der Waals surface area contributed by atoms with Crippen LogP contribution in [0.2, 0.25) is 0 Å². The molecule has 1 aliphatic heterocycles. The number of ether oxygens (including phenoxy) is 1. The summed E-state index contributed by atoms with van der Waals surface area (Å²) in [5, 5.41) is 8.32. The van der Waals surface area contributed by atoms with Crippen LogP contribution in [0, 0.1) is 0 Å². The van der Waals surface area contributed by atoms with E-state index < -0.39 is 12.1 Å². The molecule has 1 aromatic rings. The van der Waals surface area contributed by atoms with E-state index in [1.54, 1.807) is 0 Å². The minimum Gasteiger partial charge on any atom is -0.445 e. The highest BCUT2D eigenvalue weighted by Crippen LogP contribution is 2.08. The van der Waals surface area contributed by atoms with Gasteiger partial charge in [-0.1, -0.05) is 35.4 Å². The van der Waals surface area contributed by atoms with E-state index in [4.69, 9.17) is 10.3 Å². The molecule has 2 atom stereocenters. The summed E-state index contributed by atoms with van der Waals surface area (Å²) in [7, 11) is 0. The average molecular weight is 275 g/mol. The zero-order valence-electron chi connectivity index (χ0n) is 10.5. The van der Waals surface area contributed by atoms with E-state index in [1.807, 2.05) is 30.3 Å². The van der Waals surface area contributed by atoms with Crippen molar-refractivity contribution in [2.24, 2.45) is 5.11 Å². The predicted molar refractivity (Wildman–Crippen MR) is 69.5 cm³/mol. The third-order valence-corrected chi connectivity index (χ3v) is 2.84. The molecule has 0 radical (unpaired) electrons. The van der Waals surface area contributed by atoms with Crippen LogP contribution in [0.4, 0.5) is 4.79 Å². The Labute approximate surface area is 114 Å². The largest absolute Gasteiger partial charge is 0.445 e. The number of nitrogens with zero attached hydrogens (tertiary/aromatic N) is 3. The van der Waals surface area contributed by atoms with Crippen LogP contribution in [0.15, 0.2) is 35.4 Å². The minimum atomic E-state index is -0.719. The van der Waals surface area contributed by atoms with Gasteiger partial charge in [-0.3, -0.25) is 4.79 Å². The Morgan fingerprint density at radius 1 is 1.45 bits per heavy atom. The zero-order chi connectivity index (χ0) is 14.4. The van der Waals surface area contributed by atoms with E-state index in [9.17, 15) is 9.59 Å². The van der Waals surface area contributed by atoms with Crippen molar-refractivity contribution in [1.82, 2.24) is 10.6 Å². The van der Waals surface area contributed by atoms with E-state index in [0.717, 1.165) is 5.56 Å². The normalized spacial score (nSPS) is 20.1. The first-order chi connectivity index (χ1) is 9.70. The van der Waals surface area contributed by atoms with Crippen molar-refractivity contribution >= 4 is 12.0 Å². The van der Waals surface area contributed by atoms with E-state index in [2.05, 4.69) is 20.7 Å². The molecule has 2 rings (SSSR count). The van der Waals surface area contributed by atoms with E-state index in [0.29, 0.717) is 0 Å². The zero-order valence-corrected chi connectivity index (χ0v) is 10.5. The van der Waals surface area contributed by atoms with Crippen LogP contribution in [-0.2, 0) is 16.1 Å². The van der Waals surface area contributed by atoms with Gasteiger partial charge >= 0.3 is 6.09 Å². The molecule has 0 unspecified atom stereocenters. The van der Waals surface area contributed by atoms with Gasteiger partial charge in [0.25, 0.3) is 0 Å². The fraction of sp³-hybridized carbons (Fsp3) is 0.333. The molecule has 1 aromatic carbocycles. The Bertz CT molecular complexity index is 541. The van der Waals surface area contributed by atoms with Gasteiger partial charge in [0.2, 0.25) is 5.91 Å². The van der Waals surface area contributed by atoms with Crippen LogP contribution in [0.3, 0.4) is 0 Å². The number of carbonyl (C=O) groups excluding carboxylic acids is 2. The lowest BCUT2D eigenvalue weighted by atomic mass is 9.99. The molecule has 2 N–H and O–H groups in total. The number of hydrogen-bond donors (Lipinski definition) is 2. The maximum Gasteiger partial charge on any atom is 0.408 e. The molecule has 1 heterocycles. The Hall–Kier alpha value is -2.73. The predicted octanol–water partition coefficient (Wildman–Crippen LogP) is 1.09. The summed E-state index contributed by atoms with van der Waals surface area (Å²) in [6, 6.07) is 8.09. The number of benzene rings is 1. The van der Waals surface area contributed by atoms with Gasteiger partial charge in [-0.05, 0) is 11.1 Å². The molecule has 104 valence electrons. The monoisotopic (exact) mass is 275 g/mol. The van der Waals surface area contributed by atoms with Gasteiger partial charge in [0.05, 0.1) is 6.04 Å². The van der Waals surface area contributed by atoms with Crippen molar-refractivity contribution < 1.29 is 14.3 Å². The second kappa shape index (κ2) is 6.44. The second-order valence-electron chi connectivity index (χ2n) is 4.21. The van der Waals surface area contributed by atoms with Gasteiger partial charge in [-0.15, -0.1) is 0 Å². The van der Waals surface area contributed by atoms with Crippen molar-refractivity contribution in [3.8, 4) is 0 Å². The number of alkyl carbamates (subject to hydrolysis) is 1. The minimum absolute atomic E-state index is 0.0892. The maximum atomic E-state index is 11.6. The van der Waals surface area contributed by atoms with Crippen molar-refractivity contribution in [1.29, 1.82) is 0 Å². The molecule has 1 aliphatic rings. The van der Waals surface area contributed by atoms with Gasteiger partial charge in [0, 0.05) is 11.5 Å². The Balaban J connectivity index is 1.79.